The number of amides is 1. The van der Waals surface area contributed by atoms with Crippen molar-refractivity contribution in [1.82, 2.24) is 10.4 Å². The zero-order valence-corrected chi connectivity index (χ0v) is 9.10. The van der Waals surface area contributed by atoms with E-state index >= 15 is 0 Å². The topological polar surface area (TPSA) is 58.4 Å². The second-order valence-electron chi connectivity index (χ2n) is 3.67. The second kappa shape index (κ2) is 5.48. The van der Waals surface area contributed by atoms with Crippen LogP contribution in [0.15, 0.2) is 30.3 Å². The molecule has 1 aromatic carbocycles. The fraction of sp³-hybridized carbons (Fsp3) is 0.364. The maximum atomic E-state index is 11.5. The van der Waals surface area contributed by atoms with Gasteiger partial charge in [-0.05, 0) is 12.0 Å². The number of nitrogens with zero attached hydrogens (tertiary/aromatic N) is 1. The minimum absolute atomic E-state index is 0.163. The lowest BCUT2D eigenvalue weighted by Crippen LogP contribution is -2.47. The summed E-state index contributed by atoms with van der Waals surface area (Å²) in [5, 5.41) is 1.59. The molecule has 1 aromatic rings. The van der Waals surface area contributed by atoms with E-state index in [0.717, 1.165) is 5.56 Å². The molecule has 0 heterocycles. The third kappa shape index (κ3) is 4.10. The highest BCUT2D eigenvalue weighted by Crippen LogP contribution is 2.01. The minimum Gasteiger partial charge on any atom is -0.320 e. The lowest BCUT2D eigenvalue weighted by atomic mass is 10.1. The van der Waals surface area contributed by atoms with Gasteiger partial charge in [0.15, 0.2) is 0 Å². The minimum atomic E-state index is -0.505. The highest BCUT2D eigenvalue weighted by Gasteiger charge is 2.13. The van der Waals surface area contributed by atoms with Crippen molar-refractivity contribution < 1.29 is 4.79 Å². The molecule has 0 saturated heterocycles. The molecule has 0 aliphatic heterocycles. The van der Waals surface area contributed by atoms with Gasteiger partial charge in [0.2, 0.25) is 0 Å². The first-order valence-electron chi connectivity index (χ1n) is 4.87. The summed E-state index contributed by atoms with van der Waals surface area (Å²) in [5.74, 6) is -0.163. The molecule has 82 valence electrons. The molecule has 3 N–H and O–H groups in total. The summed E-state index contributed by atoms with van der Waals surface area (Å²) in [6.45, 7) is 0. The van der Waals surface area contributed by atoms with Gasteiger partial charge in [0, 0.05) is 14.1 Å². The fourth-order valence-electron chi connectivity index (χ4n) is 1.26. The zero-order valence-electron chi connectivity index (χ0n) is 9.10. The molecular formula is C11H17N3O. The third-order valence-corrected chi connectivity index (χ3v) is 1.97. The SMILES string of the molecule is CN(C)NC(=O)C(N)Cc1ccccc1. The van der Waals surface area contributed by atoms with Gasteiger partial charge in [0.25, 0.3) is 5.91 Å². The van der Waals surface area contributed by atoms with Crippen LogP contribution in [0.2, 0.25) is 0 Å². The van der Waals surface area contributed by atoms with E-state index in [4.69, 9.17) is 5.73 Å². The molecule has 1 atom stereocenters. The van der Waals surface area contributed by atoms with Crippen LogP contribution in [0, 0.1) is 0 Å². The van der Waals surface area contributed by atoms with Crippen LogP contribution in [0.4, 0.5) is 0 Å². The maximum Gasteiger partial charge on any atom is 0.251 e. The van der Waals surface area contributed by atoms with E-state index in [0.29, 0.717) is 6.42 Å². The van der Waals surface area contributed by atoms with E-state index < -0.39 is 6.04 Å². The summed E-state index contributed by atoms with van der Waals surface area (Å²) >= 11 is 0. The Hall–Kier alpha value is -1.39. The average molecular weight is 207 g/mol. The number of carbonyl (C=O) groups is 1. The molecule has 0 saturated carbocycles. The first-order chi connectivity index (χ1) is 7.09. The normalized spacial score (nSPS) is 12.5. The van der Waals surface area contributed by atoms with Crippen LogP contribution in [0.5, 0.6) is 0 Å². The van der Waals surface area contributed by atoms with E-state index in [1.165, 1.54) is 0 Å². The summed E-state index contributed by atoms with van der Waals surface area (Å²) in [7, 11) is 3.51. The highest BCUT2D eigenvalue weighted by molar-refractivity contribution is 5.81. The summed E-state index contributed by atoms with van der Waals surface area (Å²) < 4.78 is 0. The number of nitrogens with two attached hydrogens (primary N) is 1. The lowest BCUT2D eigenvalue weighted by molar-refractivity contribution is -0.126. The molecular weight excluding hydrogens is 190 g/mol. The van der Waals surface area contributed by atoms with E-state index in [1.807, 2.05) is 30.3 Å². The van der Waals surface area contributed by atoms with Crippen LogP contribution >= 0.6 is 0 Å². The number of carbonyl (C=O) groups excluding carboxylic acids is 1. The first-order valence-corrected chi connectivity index (χ1v) is 4.87. The molecule has 4 nitrogen and oxygen atoms in total. The number of benzene rings is 1. The van der Waals surface area contributed by atoms with Gasteiger partial charge in [0.05, 0.1) is 6.04 Å². The van der Waals surface area contributed by atoms with E-state index in [2.05, 4.69) is 5.43 Å². The number of hydrazine groups is 1. The van der Waals surface area contributed by atoms with E-state index in [-0.39, 0.29) is 5.91 Å². The first kappa shape index (κ1) is 11.7. The van der Waals surface area contributed by atoms with Crippen molar-refractivity contribution in [3.05, 3.63) is 35.9 Å². The van der Waals surface area contributed by atoms with Crippen LogP contribution in [-0.4, -0.2) is 31.1 Å². The molecule has 0 spiro atoms. The van der Waals surface area contributed by atoms with Crippen molar-refractivity contribution >= 4 is 5.91 Å². The summed E-state index contributed by atoms with van der Waals surface area (Å²) in [5.41, 5.74) is 9.46. The van der Waals surface area contributed by atoms with Crippen LogP contribution in [0.3, 0.4) is 0 Å². The molecule has 15 heavy (non-hydrogen) atoms. The van der Waals surface area contributed by atoms with Crippen molar-refractivity contribution in [3.8, 4) is 0 Å². The van der Waals surface area contributed by atoms with Gasteiger partial charge >= 0.3 is 0 Å². The third-order valence-electron chi connectivity index (χ3n) is 1.97. The molecule has 4 heteroatoms. The van der Waals surface area contributed by atoms with Gasteiger partial charge in [0.1, 0.15) is 0 Å². The predicted molar refractivity (Wildman–Crippen MR) is 60.0 cm³/mol. The monoisotopic (exact) mass is 207 g/mol. The van der Waals surface area contributed by atoms with Gasteiger partial charge in [-0.1, -0.05) is 30.3 Å². The van der Waals surface area contributed by atoms with Crippen molar-refractivity contribution in [1.29, 1.82) is 0 Å². The Morgan fingerprint density at radius 3 is 2.53 bits per heavy atom. The molecule has 1 rings (SSSR count). The number of hydrogen-bond donors (Lipinski definition) is 2. The molecule has 0 fully saturated rings. The number of hydrogen-bond acceptors (Lipinski definition) is 3. The number of rotatable bonds is 4. The lowest BCUT2D eigenvalue weighted by Gasteiger charge is -2.16. The summed E-state index contributed by atoms with van der Waals surface area (Å²) in [6.07, 6.45) is 0.556. The number of nitrogens with one attached hydrogen (secondary N) is 1. The Labute approximate surface area is 90.0 Å². The molecule has 0 bridgehead atoms. The van der Waals surface area contributed by atoms with Crippen LogP contribution < -0.4 is 11.2 Å². The van der Waals surface area contributed by atoms with Gasteiger partial charge < -0.3 is 5.73 Å². The average Bonchev–Trinajstić information content (AvgIpc) is 2.18. The molecule has 0 aliphatic rings. The van der Waals surface area contributed by atoms with Gasteiger partial charge in [-0.2, -0.15) is 0 Å². The van der Waals surface area contributed by atoms with Crippen LogP contribution in [-0.2, 0) is 11.2 Å². The van der Waals surface area contributed by atoms with Crippen molar-refractivity contribution in [3.63, 3.8) is 0 Å². The van der Waals surface area contributed by atoms with E-state index in [9.17, 15) is 4.79 Å². The standard InChI is InChI=1S/C11H17N3O/c1-14(2)13-11(15)10(12)8-9-6-4-3-5-7-9/h3-7,10H,8,12H2,1-2H3,(H,13,15). The van der Waals surface area contributed by atoms with Gasteiger partial charge in [-0.3, -0.25) is 10.2 Å². The molecule has 0 aliphatic carbocycles. The Morgan fingerprint density at radius 2 is 2.00 bits per heavy atom. The van der Waals surface area contributed by atoms with Crippen LogP contribution in [0.1, 0.15) is 5.56 Å². The van der Waals surface area contributed by atoms with Crippen molar-refractivity contribution in [2.45, 2.75) is 12.5 Å². The maximum absolute atomic E-state index is 11.5. The Kier molecular flexibility index (Phi) is 4.27. The molecule has 0 aromatic heterocycles. The summed E-state index contributed by atoms with van der Waals surface area (Å²) in [6, 6.07) is 9.23. The molecule has 0 radical (unpaired) electrons. The Bertz CT molecular complexity index is 311. The quantitative estimate of drug-likeness (QED) is 0.691. The Balaban J connectivity index is 2.49. The predicted octanol–water partition coefficient (Wildman–Crippen LogP) is 0.149. The Morgan fingerprint density at radius 1 is 1.40 bits per heavy atom. The second-order valence-corrected chi connectivity index (χ2v) is 3.67. The zero-order chi connectivity index (χ0) is 11.3. The highest BCUT2D eigenvalue weighted by atomic mass is 16.2. The molecule has 1 unspecified atom stereocenters. The van der Waals surface area contributed by atoms with Crippen molar-refractivity contribution in [2.75, 3.05) is 14.1 Å². The van der Waals surface area contributed by atoms with E-state index in [1.54, 1.807) is 19.1 Å². The van der Waals surface area contributed by atoms with Gasteiger partial charge in [-0.25, -0.2) is 5.01 Å². The van der Waals surface area contributed by atoms with Crippen molar-refractivity contribution in [2.24, 2.45) is 5.73 Å². The fourth-order valence-corrected chi connectivity index (χ4v) is 1.26. The molecule has 1 amide bonds. The van der Waals surface area contributed by atoms with Gasteiger partial charge in [-0.15, -0.1) is 0 Å². The summed E-state index contributed by atoms with van der Waals surface area (Å²) in [4.78, 5) is 11.5. The smallest absolute Gasteiger partial charge is 0.251 e. The largest absolute Gasteiger partial charge is 0.320 e. The van der Waals surface area contributed by atoms with Crippen LogP contribution in [0.25, 0.3) is 0 Å².